The number of sulfone groups is 1. The molecule has 33 heavy (non-hydrogen) atoms. The van der Waals surface area contributed by atoms with Crippen LogP contribution in [0, 0.1) is 5.92 Å². The van der Waals surface area contributed by atoms with Gasteiger partial charge in [0.2, 0.25) is 5.91 Å². The van der Waals surface area contributed by atoms with Crippen LogP contribution in [0.15, 0.2) is 23.2 Å². The number of carbonyl (C=O) groups is 2. The van der Waals surface area contributed by atoms with Gasteiger partial charge in [0.25, 0.3) is 5.91 Å². The van der Waals surface area contributed by atoms with Gasteiger partial charge in [-0.15, -0.1) is 10.2 Å². The van der Waals surface area contributed by atoms with Gasteiger partial charge in [0, 0.05) is 42.6 Å². The number of anilines is 3. The summed E-state index contributed by atoms with van der Waals surface area (Å²) in [6.07, 6.45) is 5.59. The standard InChI is InChI=1S/C21H26N6O5S/c1-22-21(29)18-15(9-17(26-27-18)25-20(28)12-6-14(7-12)32-2)24-19-16(33(3,30)31)8-13(10-23-19)11-4-5-11/h8-12,14H,4-7H2,1-3H3,(H,22,29)(H2,23,24,25,26,28)/i1D3. The van der Waals surface area contributed by atoms with Crippen molar-refractivity contribution in [2.24, 2.45) is 5.92 Å². The number of methoxy groups -OCH3 is 1. The average Bonchev–Trinajstić information content (AvgIpc) is 3.57. The molecule has 2 amide bonds. The zero-order valence-corrected chi connectivity index (χ0v) is 18.9. The Morgan fingerprint density at radius 2 is 1.97 bits per heavy atom. The fourth-order valence-corrected chi connectivity index (χ4v) is 4.38. The molecule has 2 fully saturated rings. The predicted octanol–water partition coefficient (Wildman–Crippen LogP) is 1.62. The van der Waals surface area contributed by atoms with Crippen LogP contribution >= 0.6 is 0 Å². The van der Waals surface area contributed by atoms with Crippen LogP contribution in [0.4, 0.5) is 17.3 Å². The van der Waals surface area contributed by atoms with E-state index in [4.69, 9.17) is 8.85 Å². The number of hydrogen-bond acceptors (Lipinski definition) is 9. The van der Waals surface area contributed by atoms with E-state index in [-0.39, 0.29) is 46.1 Å². The zero-order chi connectivity index (χ0) is 26.3. The van der Waals surface area contributed by atoms with Crippen molar-refractivity contribution in [1.29, 1.82) is 0 Å². The van der Waals surface area contributed by atoms with E-state index in [0.29, 0.717) is 12.8 Å². The highest BCUT2D eigenvalue weighted by molar-refractivity contribution is 7.90. The molecular formula is C21H26N6O5S. The minimum atomic E-state index is -3.72. The Morgan fingerprint density at radius 3 is 2.61 bits per heavy atom. The van der Waals surface area contributed by atoms with E-state index in [2.05, 4.69) is 25.8 Å². The van der Waals surface area contributed by atoms with Gasteiger partial charge >= 0.3 is 0 Å². The minimum absolute atomic E-state index is 0.00844. The molecule has 2 heterocycles. The van der Waals surface area contributed by atoms with Crippen molar-refractivity contribution in [3.05, 3.63) is 29.6 Å². The Balaban J connectivity index is 1.67. The Labute approximate surface area is 195 Å². The molecule has 0 unspecified atom stereocenters. The largest absolute Gasteiger partial charge is 0.381 e. The third kappa shape index (κ3) is 5.11. The first-order valence-corrected chi connectivity index (χ1v) is 12.2. The minimum Gasteiger partial charge on any atom is -0.381 e. The van der Waals surface area contributed by atoms with Gasteiger partial charge in [0.05, 0.1) is 11.8 Å². The smallest absolute Gasteiger partial charge is 0.273 e. The molecule has 2 aliphatic rings. The topological polar surface area (TPSA) is 152 Å². The molecule has 2 aromatic heterocycles. The van der Waals surface area contributed by atoms with Crippen LogP contribution in [-0.2, 0) is 19.4 Å². The summed E-state index contributed by atoms with van der Waals surface area (Å²) < 4.78 is 52.1. The summed E-state index contributed by atoms with van der Waals surface area (Å²) in [5, 5.41) is 14.9. The van der Waals surface area contributed by atoms with Gasteiger partial charge in [-0.3, -0.25) is 9.59 Å². The molecular weight excluding hydrogens is 448 g/mol. The van der Waals surface area contributed by atoms with Crippen molar-refractivity contribution in [3.8, 4) is 0 Å². The zero-order valence-electron chi connectivity index (χ0n) is 21.1. The van der Waals surface area contributed by atoms with Gasteiger partial charge in [-0.1, -0.05) is 0 Å². The van der Waals surface area contributed by atoms with E-state index in [0.717, 1.165) is 24.7 Å². The Hall–Kier alpha value is -3.12. The van der Waals surface area contributed by atoms with Gasteiger partial charge < -0.3 is 20.7 Å². The SMILES string of the molecule is [2H]C([2H])([2H])NC(=O)c1nnc(NC(=O)C2CC(OC)C2)cc1Nc1ncc(C2CC2)cc1S(C)(=O)=O. The van der Waals surface area contributed by atoms with Crippen molar-refractivity contribution >= 4 is 39.0 Å². The highest BCUT2D eigenvalue weighted by Crippen LogP contribution is 2.41. The number of rotatable bonds is 8. The normalized spacial score (nSPS) is 21.7. The summed E-state index contributed by atoms with van der Waals surface area (Å²) >= 11 is 0. The molecule has 0 radical (unpaired) electrons. The van der Waals surface area contributed by atoms with Crippen molar-refractivity contribution in [1.82, 2.24) is 20.5 Å². The van der Waals surface area contributed by atoms with Gasteiger partial charge in [-0.2, -0.15) is 0 Å². The van der Waals surface area contributed by atoms with Crippen molar-refractivity contribution in [2.75, 3.05) is 31.0 Å². The molecule has 0 aliphatic heterocycles. The van der Waals surface area contributed by atoms with Crippen LogP contribution in [0.2, 0.25) is 0 Å². The summed E-state index contributed by atoms with van der Waals surface area (Å²) in [5.41, 5.74) is 0.291. The predicted molar refractivity (Wildman–Crippen MR) is 120 cm³/mol. The number of nitrogens with zero attached hydrogens (tertiary/aromatic N) is 3. The number of aromatic nitrogens is 3. The molecule has 2 saturated carbocycles. The Kier molecular flexibility index (Phi) is 5.29. The first-order valence-electron chi connectivity index (χ1n) is 11.8. The van der Waals surface area contributed by atoms with Crippen LogP contribution < -0.4 is 16.0 Å². The van der Waals surface area contributed by atoms with Crippen LogP contribution in [0.1, 0.15) is 51.8 Å². The second-order valence-corrected chi connectivity index (χ2v) is 10.2. The lowest BCUT2D eigenvalue weighted by Gasteiger charge is -2.32. The third-order valence-electron chi connectivity index (χ3n) is 5.75. The first kappa shape index (κ1) is 19.4. The lowest BCUT2D eigenvalue weighted by Crippen LogP contribution is -2.38. The van der Waals surface area contributed by atoms with Crippen LogP contribution in [0.3, 0.4) is 0 Å². The maximum atomic E-state index is 12.6. The fraction of sp³-hybridized carbons (Fsp3) is 0.476. The molecule has 0 spiro atoms. The third-order valence-corrected chi connectivity index (χ3v) is 6.86. The van der Waals surface area contributed by atoms with Crippen LogP contribution in [0.5, 0.6) is 0 Å². The van der Waals surface area contributed by atoms with E-state index in [1.807, 2.05) is 5.32 Å². The lowest BCUT2D eigenvalue weighted by molar-refractivity contribution is -0.127. The van der Waals surface area contributed by atoms with Crippen molar-refractivity contribution in [3.63, 3.8) is 0 Å². The molecule has 0 aromatic carbocycles. The highest BCUT2D eigenvalue weighted by atomic mass is 32.2. The fourth-order valence-electron chi connectivity index (χ4n) is 3.58. The molecule has 2 aliphatic carbocycles. The average molecular weight is 478 g/mol. The first-order chi connectivity index (χ1) is 16.8. The van der Waals surface area contributed by atoms with E-state index in [9.17, 15) is 18.0 Å². The molecule has 176 valence electrons. The Bertz CT molecular complexity index is 1290. The van der Waals surface area contributed by atoms with Crippen molar-refractivity contribution < 1.29 is 26.9 Å². The Morgan fingerprint density at radius 1 is 1.21 bits per heavy atom. The quantitative estimate of drug-likeness (QED) is 0.515. The summed E-state index contributed by atoms with van der Waals surface area (Å²) in [7, 11) is -2.15. The molecule has 3 N–H and O–H groups in total. The van der Waals surface area contributed by atoms with Gasteiger partial charge in [0.1, 0.15) is 10.7 Å². The second-order valence-electron chi connectivity index (χ2n) is 8.25. The second kappa shape index (κ2) is 9.02. The summed E-state index contributed by atoms with van der Waals surface area (Å²) in [6.45, 7) is -2.80. The van der Waals surface area contributed by atoms with Crippen LogP contribution in [0.25, 0.3) is 0 Å². The maximum absolute atomic E-state index is 12.6. The molecule has 2 aromatic rings. The van der Waals surface area contributed by atoms with Gasteiger partial charge in [-0.05, 0) is 43.2 Å². The molecule has 0 atom stereocenters. The number of pyridine rings is 1. The number of nitrogens with one attached hydrogen (secondary N) is 3. The number of carbonyl (C=O) groups excluding carboxylic acids is 2. The number of ether oxygens (including phenoxy) is 1. The lowest BCUT2D eigenvalue weighted by atomic mass is 9.81. The van der Waals surface area contributed by atoms with Gasteiger partial charge in [-0.25, -0.2) is 13.4 Å². The maximum Gasteiger partial charge on any atom is 0.273 e. The van der Waals surface area contributed by atoms with Crippen LogP contribution in [-0.4, -0.2) is 61.9 Å². The monoisotopic (exact) mass is 477 g/mol. The number of hydrogen-bond donors (Lipinski definition) is 3. The number of amides is 2. The molecule has 0 bridgehead atoms. The molecule has 12 heteroatoms. The summed E-state index contributed by atoms with van der Waals surface area (Å²) in [4.78, 5) is 29.3. The summed E-state index contributed by atoms with van der Waals surface area (Å²) in [5.74, 6) is -1.49. The van der Waals surface area contributed by atoms with E-state index >= 15 is 0 Å². The molecule has 11 nitrogen and oxygen atoms in total. The van der Waals surface area contributed by atoms with E-state index < -0.39 is 28.4 Å². The molecule has 4 rings (SSSR count). The van der Waals surface area contributed by atoms with Crippen molar-refractivity contribution in [2.45, 2.75) is 42.6 Å². The van der Waals surface area contributed by atoms with E-state index in [1.54, 1.807) is 13.3 Å². The summed E-state index contributed by atoms with van der Waals surface area (Å²) in [6, 6.07) is 2.80. The molecule has 0 saturated heterocycles. The highest BCUT2D eigenvalue weighted by Gasteiger charge is 2.35. The van der Waals surface area contributed by atoms with Gasteiger partial charge in [0.15, 0.2) is 21.3 Å². The van der Waals surface area contributed by atoms with E-state index in [1.165, 1.54) is 12.1 Å².